The summed E-state index contributed by atoms with van der Waals surface area (Å²) in [6.07, 6.45) is 4.89. The lowest BCUT2D eigenvalue weighted by Gasteiger charge is -2.08. The minimum atomic E-state index is -0.277. The second-order valence-corrected chi connectivity index (χ2v) is 5.64. The number of nitrogens with one attached hydrogen (secondary N) is 1. The first-order valence-corrected chi connectivity index (χ1v) is 8.34. The summed E-state index contributed by atoms with van der Waals surface area (Å²) in [7, 11) is 1.62. The van der Waals surface area contributed by atoms with Gasteiger partial charge in [0.25, 0.3) is 5.91 Å². The van der Waals surface area contributed by atoms with Crippen LogP contribution >= 0.6 is 0 Å². The number of hydrazone groups is 1. The number of carbonyl (C=O) groups excluding carboxylic acids is 1. The van der Waals surface area contributed by atoms with E-state index >= 15 is 0 Å². The predicted molar refractivity (Wildman–Crippen MR) is 103 cm³/mol. The molecule has 6 heteroatoms. The Hall–Kier alpha value is -3.67. The third-order valence-corrected chi connectivity index (χ3v) is 3.75. The molecule has 0 radical (unpaired) electrons. The Labute approximate surface area is 157 Å². The van der Waals surface area contributed by atoms with E-state index in [1.54, 1.807) is 50.0 Å². The zero-order valence-corrected chi connectivity index (χ0v) is 14.8. The molecule has 0 saturated carbocycles. The third kappa shape index (κ3) is 5.40. The van der Waals surface area contributed by atoms with Crippen LogP contribution in [0.4, 0.5) is 0 Å². The maximum Gasteiger partial charge on any atom is 0.271 e. The van der Waals surface area contributed by atoms with Gasteiger partial charge in [-0.05, 0) is 47.5 Å². The number of pyridine rings is 1. The average molecular weight is 361 g/mol. The van der Waals surface area contributed by atoms with E-state index in [2.05, 4.69) is 15.5 Å². The minimum Gasteiger partial charge on any atom is -0.497 e. The summed E-state index contributed by atoms with van der Waals surface area (Å²) in [6.45, 7) is 0.398. The minimum absolute atomic E-state index is 0.277. The molecule has 136 valence electrons. The summed E-state index contributed by atoms with van der Waals surface area (Å²) >= 11 is 0. The molecule has 27 heavy (non-hydrogen) atoms. The Kier molecular flexibility index (Phi) is 6.14. The largest absolute Gasteiger partial charge is 0.497 e. The molecule has 0 saturated heterocycles. The Morgan fingerprint density at radius 3 is 2.56 bits per heavy atom. The van der Waals surface area contributed by atoms with Gasteiger partial charge in [-0.2, -0.15) is 5.10 Å². The van der Waals surface area contributed by atoms with Crippen molar-refractivity contribution in [1.29, 1.82) is 0 Å². The summed E-state index contributed by atoms with van der Waals surface area (Å²) in [5.41, 5.74) is 4.83. The molecular formula is C21H19N3O3. The van der Waals surface area contributed by atoms with Crippen LogP contribution in [0, 0.1) is 0 Å². The maximum atomic E-state index is 12.1. The molecule has 0 fully saturated rings. The van der Waals surface area contributed by atoms with Gasteiger partial charge in [-0.25, -0.2) is 5.43 Å². The summed E-state index contributed by atoms with van der Waals surface area (Å²) in [5.74, 6) is 1.19. The molecule has 0 aliphatic rings. The fourth-order valence-electron chi connectivity index (χ4n) is 2.29. The summed E-state index contributed by atoms with van der Waals surface area (Å²) in [5, 5.41) is 3.94. The van der Waals surface area contributed by atoms with E-state index in [4.69, 9.17) is 9.47 Å². The smallest absolute Gasteiger partial charge is 0.271 e. The van der Waals surface area contributed by atoms with Crippen molar-refractivity contribution in [2.75, 3.05) is 7.11 Å². The van der Waals surface area contributed by atoms with Gasteiger partial charge in [0.2, 0.25) is 0 Å². The molecule has 1 amide bonds. The standard InChI is InChI=1S/C21H19N3O3/c1-26-19-3-2-4-20(13-19)27-15-17-5-7-18(8-6-17)21(25)24-23-14-16-9-11-22-12-10-16/h2-14H,15H2,1H3,(H,24,25)/b23-14-. The number of carbonyl (C=O) groups is 1. The van der Waals surface area contributed by atoms with Crippen molar-refractivity contribution in [1.82, 2.24) is 10.4 Å². The van der Waals surface area contributed by atoms with Gasteiger partial charge in [0.15, 0.2) is 0 Å². The van der Waals surface area contributed by atoms with Crippen LogP contribution in [0.3, 0.4) is 0 Å². The lowest BCUT2D eigenvalue weighted by Crippen LogP contribution is -2.17. The highest BCUT2D eigenvalue weighted by Gasteiger charge is 2.04. The van der Waals surface area contributed by atoms with Crippen LogP contribution in [0.1, 0.15) is 21.5 Å². The Bertz CT molecular complexity index is 909. The lowest BCUT2D eigenvalue weighted by atomic mass is 10.1. The van der Waals surface area contributed by atoms with Crippen LogP contribution in [0.25, 0.3) is 0 Å². The number of amides is 1. The topological polar surface area (TPSA) is 72.8 Å². The van der Waals surface area contributed by atoms with Gasteiger partial charge < -0.3 is 9.47 Å². The van der Waals surface area contributed by atoms with Crippen molar-refractivity contribution in [3.63, 3.8) is 0 Å². The normalized spacial score (nSPS) is 10.6. The molecule has 0 atom stereocenters. The molecule has 0 aliphatic heterocycles. The zero-order chi connectivity index (χ0) is 18.9. The first kappa shape index (κ1) is 18.1. The molecule has 6 nitrogen and oxygen atoms in total. The van der Waals surface area contributed by atoms with E-state index in [0.717, 1.165) is 22.6 Å². The maximum absolute atomic E-state index is 12.1. The van der Waals surface area contributed by atoms with E-state index in [-0.39, 0.29) is 5.91 Å². The van der Waals surface area contributed by atoms with Crippen LogP contribution in [-0.4, -0.2) is 24.2 Å². The van der Waals surface area contributed by atoms with Gasteiger partial charge in [0.05, 0.1) is 13.3 Å². The second-order valence-electron chi connectivity index (χ2n) is 5.64. The molecule has 0 unspecified atom stereocenters. The monoisotopic (exact) mass is 361 g/mol. The molecule has 1 aromatic heterocycles. The number of ether oxygens (including phenoxy) is 2. The van der Waals surface area contributed by atoms with Gasteiger partial charge in [0, 0.05) is 24.0 Å². The van der Waals surface area contributed by atoms with Gasteiger partial charge in [-0.3, -0.25) is 9.78 Å². The van der Waals surface area contributed by atoms with Crippen molar-refractivity contribution in [3.05, 3.63) is 89.7 Å². The molecule has 0 spiro atoms. The molecule has 1 N–H and O–H groups in total. The first-order chi connectivity index (χ1) is 13.2. The van der Waals surface area contributed by atoms with E-state index in [9.17, 15) is 4.79 Å². The Balaban J connectivity index is 1.53. The fourth-order valence-corrected chi connectivity index (χ4v) is 2.29. The summed E-state index contributed by atoms with van der Waals surface area (Å²) in [4.78, 5) is 16.0. The van der Waals surface area contributed by atoms with E-state index in [1.807, 2.05) is 36.4 Å². The summed E-state index contributed by atoms with van der Waals surface area (Å²) in [6, 6.07) is 18.2. The molecule has 3 rings (SSSR count). The number of benzene rings is 2. The van der Waals surface area contributed by atoms with Crippen molar-refractivity contribution in [3.8, 4) is 11.5 Å². The predicted octanol–water partition coefficient (Wildman–Crippen LogP) is 3.43. The third-order valence-electron chi connectivity index (χ3n) is 3.75. The van der Waals surface area contributed by atoms with E-state index in [0.29, 0.717) is 12.2 Å². The molecule has 1 heterocycles. The zero-order valence-electron chi connectivity index (χ0n) is 14.8. The van der Waals surface area contributed by atoms with Crippen LogP contribution in [-0.2, 0) is 6.61 Å². The number of rotatable bonds is 7. The second kappa shape index (κ2) is 9.15. The summed E-state index contributed by atoms with van der Waals surface area (Å²) < 4.78 is 10.9. The van der Waals surface area contributed by atoms with Crippen molar-refractivity contribution in [2.24, 2.45) is 5.10 Å². The first-order valence-electron chi connectivity index (χ1n) is 8.34. The average Bonchev–Trinajstić information content (AvgIpc) is 2.73. The molecular weight excluding hydrogens is 342 g/mol. The number of aromatic nitrogens is 1. The van der Waals surface area contributed by atoms with Crippen LogP contribution in [0.15, 0.2) is 78.2 Å². The van der Waals surface area contributed by atoms with Crippen molar-refractivity contribution >= 4 is 12.1 Å². The molecule has 0 aliphatic carbocycles. The van der Waals surface area contributed by atoms with Crippen LogP contribution in [0.2, 0.25) is 0 Å². The highest BCUT2D eigenvalue weighted by atomic mass is 16.5. The van der Waals surface area contributed by atoms with Gasteiger partial charge >= 0.3 is 0 Å². The van der Waals surface area contributed by atoms with E-state index in [1.165, 1.54) is 0 Å². The van der Waals surface area contributed by atoms with E-state index < -0.39 is 0 Å². The number of methoxy groups -OCH3 is 1. The van der Waals surface area contributed by atoms with Crippen molar-refractivity contribution in [2.45, 2.75) is 6.61 Å². The quantitative estimate of drug-likeness (QED) is 0.517. The van der Waals surface area contributed by atoms with Crippen molar-refractivity contribution < 1.29 is 14.3 Å². The number of hydrogen-bond acceptors (Lipinski definition) is 5. The fraction of sp³-hybridized carbons (Fsp3) is 0.0952. The highest BCUT2D eigenvalue weighted by Crippen LogP contribution is 2.20. The van der Waals surface area contributed by atoms with Gasteiger partial charge in [-0.15, -0.1) is 0 Å². The molecule has 2 aromatic carbocycles. The molecule has 3 aromatic rings. The number of nitrogens with zero attached hydrogens (tertiary/aromatic N) is 2. The van der Waals surface area contributed by atoms with Gasteiger partial charge in [-0.1, -0.05) is 18.2 Å². The Morgan fingerprint density at radius 2 is 1.81 bits per heavy atom. The Morgan fingerprint density at radius 1 is 1.07 bits per heavy atom. The number of hydrogen-bond donors (Lipinski definition) is 1. The van der Waals surface area contributed by atoms with Gasteiger partial charge in [0.1, 0.15) is 18.1 Å². The van der Waals surface area contributed by atoms with Crippen LogP contribution < -0.4 is 14.9 Å². The molecule has 0 bridgehead atoms. The van der Waals surface area contributed by atoms with Crippen LogP contribution in [0.5, 0.6) is 11.5 Å². The highest BCUT2D eigenvalue weighted by molar-refractivity contribution is 5.94. The SMILES string of the molecule is COc1cccc(OCc2ccc(C(=O)N/N=C\c3ccncc3)cc2)c1. The lowest BCUT2D eigenvalue weighted by molar-refractivity contribution is 0.0955.